The number of hydrogen-bond acceptors (Lipinski definition) is 5. The molecule has 0 bridgehead atoms. The van der Waals surface area contributed by atoms with Crippen LogP contribution in [0.2, 0.25) is 0 Å². The molecule has 1 aromatic rings. The predicted molar refractivity (Wildman–Crippen MR) is 64.3 cm³/mol. The summed E-state index contributed by atoms with van der Waals surface area (Å²) in [5.74, 6) is -1.36. The van der Waals surface area contributed by atoms with E-state index in [4.69, 9.17) is 4.74 Å². The molecule has 0 aliphatic rings. The highest BCUT2D eigenvalue weighted by molar-refractivity contribution is 5.98. The average molecular weight is 290 g/mol. The van der Waals surface area contributed by atoms with Crippen molar-refractivity contribution in [1.82, 2.24) is 4.90 Å². The molecule has 0 heterocycles. The number of rotatable bonds is 5. The Morgan fingerprint density at radius 2 is 1.95 bits per heavy atom. The third-order valence-electron chi connectivity index (χ3n) is 2.33. The number of hydrogen-bond donors (Lipinski definition) is 0. The second-order valence-corrected chi connectivity index (χ2v) is 3.86. The minimum absolute atomic E-state index is 0.193. The molecular weight excluding hydrogens is 278 g/mol. The van der Waals surface area contributed by atoms with Gasteiger partial charge in [0, 0.05) is 20.2 Å². The Kier molecular flexibility index (Phi) is 4.78. The number of halogens is 2. The van der Waals surface area contributed by atoms with Crippen LogP contribution < -0.4 is 9.47 Å². The number of carbonyl (C=O) groups excluding carboxylic acids is 1. The van der Waals surface area contributed by atoms with E-state index in [0.29, 0.717) is 0 Å². The van der Waals surface area contributed by atoms with Gasteiger partial charge in [0.2, 0.25) is 0 Å². The van der Waals surface area contributed by atoms with E-state index in [1.807, 2.05) is 0 Å². The lowest BCUT2D eigenvalue weighted by Gasteiger charge is -2.14. The number of nitro groups is 1. The summed E-state index contributed by atoms with van der Waals surface area (Å²) in [5.41, 5.74) is -0.918. The molecule has 0 saturated carbocycles. The highest BCUT2D eigenvalue weighted by atomic mass is 19.3. The Morgan fingerprint density at radius 1 is 1.35 bits per heavy atom. The number of nitrogens with zero attached hydrogens (tertiary/aromatic N) is 2. The minimum Gasteiger partial charge on any atom is -0.493 e. The van der Waals surface area contributed by atoms with Gasteiger partial charge in [0.25, 0.3) is 11.6 Å². The lowest BCUT2D eigenvalue weighted by atomic mass is 10.1. The minimum atomic E-state index is -3.17. The van der Waals surface area contributed by atoms with Crippen molar-refractivity contribution in [3.05, 3.63) is 27.8 Å². The van der Waals surface area contributed by atoms with E-state index >= 15 is 0 Å². The standard InChI is InChI=1S/C11H12F2N2O5/c1-14(2)10(16)6-4-8(19-3)9(20-11(12)13)5-7(6)15(17)18/h4-5,11H,1-3H3. The normalized spacial score (nSPS) is 10.3. The van der Waals surface area contributed by atoms with Crippen LogP contribution in [0, 0.1) is 10.1 Å². The first-order chi connectivity index (χ1) is 9.27. The van der Waals surface area contributed by atoms with Gasteiger partial charge in [0.05, 0.1) is 18.1 Å². The highest BCUT2D eigenvalue weighted by Gasteiger charge is 2.26. The molecule has 0 aromatic heterocycles. The lowest BCUT2D eigenvalue weighted by Crippen LogP contribution is -2.23. The van der Waals surface area contributed by atoms with E-state index in [0.717, 1.165) is 17.0 Å². The fraction of sp³-hybridized carbons (Fsp3) is 0.364. The zero-order valence-electron chi connectivity index (χ0n) is 10.9. The Balaban J connectivity index is 3.45. The van der Waals surface area contributed by atoms with Gasteiger partial charge in [-0.3, -0.25) is 14.9 Å². The van der Waals surface area contributed by atoms with Crippen molar-refractivity contribution in [3.8, 4) is 11.5 Å². The summed E-state index contributed by atoms with van der Waals surface area (Å²) < 4.78 is 33.4. The third-order valence-corrected chi connectivity index (χ3v) is 2.33. The lowest BCUT2D eigenvalue weighted by molar-refractivity contribution is -0.385. The Morgan fingerprint density at radius 3 is 2.35 bits per heavy atom. The van der Waals surface area contributed by atoms with Crippen molar-refractivity contribution >= 4 is 11.6 Å². The molecule has 0 radical (unpaired) electrons. The molecular formula is C11H12F2N2O5. The van der Waals surface area contributed by atoms with E-state index < -0.39 is 28.9 Å². The summed E-state index contributed by atoms with van der Waals surface area (Å²) in [6.07, 6.45) is 0. The molecule has 0 aliphatic carbocycles. The highest BCUT2D eigenvalue weighted by Crippen LogP contribution is 2.36. The van der Waals surface area contributed by atoms with Gasteiger partial charge in [-0.1, -0.05) is 0 Å². The van der Waals surface area contributed by atoms with Crippen LogP contribution in [0.3, 0.4) is 0 Å². The van der Waals surface area contributed by atoms with Gasteiger partial charge in [-0.15, -0.1) is 0 Å². The van der Waals surface area contributed by atoms with Crippen molar-refractivity contribution < 1.29 is 28.0 Å². The van der Waals surface area contributed by atoms with Crippen molar-refractivity contribution in [2.75, 3.05) is 21.2 Å². The second-order valence-electron chi connectivity index (χ2n) is 3.86. The molecule has 0 N–H and O–H groups in total. The average Bonchev–Trinajstić information content (AvgIpc) is 2.36. The van der Waals surface area contributed by atoms with Gasteiger partial charge >= 0.3 is 6.61 Å². The molecule has 1 aromatic carbocycles. The van der Waals surface area contributed by atoms with Crippen LogP contribution in [-0.2, 0) is 0 Å². The SMILES string of the molecule is COc1cc(C(=O)N(C)C)c([N+](=O)[O-])cc1OC(F)F. The first-order valence-electron chi connectivity index (χ1n) is 5.30. The van der Waals surface area contributed by atoms with Crippen LogP contribution in [0.1, 0.15) is 10.4 Å². The Hall–Kier alpha value is -2.45. The largest absolute Gasteiger partial charge is 0.493 e. The van der Waals surface area contributed by atoms with Gasteiger partial charge in [-0.25, -0.2) is 0 Å². The molecule has 1 amide bonds. The smallest absolute Gasteiger partial charge is 0.387 e. The molecule has 0 atom stereocenters. The zero-order chi connectivity index (χ0) is 15.4. The number of amides is 1. The molecule has 0 fully saturated rings. The number of nitro benzene ring substituents is 1. The van der Waals surface area contributed by atoms with Gasteiger partial charge in [-0.05, 0) is 0 Å². The summed E-state index contributed by atoms with van der Waals surface area (Å²) in [6.45, 7) is -3.17. The topological polar surface area (TPSA) is 81.9 Å². The molecule has 0 unspecified atom stereocenters. The molecule has 0 saturated heterocycles. The molecule has 9 heteroatoms. The van der Waals surface area contributed by atoms with E-state index in [9.17, 15) is 23.7 Å². The molecule has 7 nitrogen and oxygen atoms in total. The van der Waals surface area contributed by atoms with Gasteiger partial charge in [-0.2, -0.15) is 8.78 Å². The van der Waals surface area contributed by atoms with E-state index in [1.54, 1.807) is 0 Å². The summed E-state index contributed by atoms with van der Waals surface area (Å²) in [7, 11) is 3.98. The van der Waals surface area contributed by atoms with Crippen molar-refractivity contribution in [2.24, 2.45) is 0 Å². The molecule has 20 heavy (non-hydrogen) atoms. The number of methoxy groups -OCH3 is 1. The second kappa shape index (κ2) is 6.13. The Bertz CT molecular complexity index is 534. The van der Waals surface area contributed by atoms with Crippen LogP contribution in [0.5, 0.6) is 11.5 Å². The number of benzene rings is 1. The molecule has 0 spiro atoms. The first kappa shape index (κ1) is 15.6. The molecule has 110 valence electrons. The molecule has 0 aliphatic heterocycles. The number of ether oxygens (including phenoxy) is 2. The zero-order valence-corrected chi connectivity index (χ0v) is 10.9. The summed E-state index contributed by atoms with van der Waals surface area (Å²) in [4.78, 5) is 23.1. The maximum atomic E-state index is 12.2. The van der Waals surface area contributed by atoms with Crippen LogP contribution in [-0.4, -0.2) is 43.5 Å². The number of carbonyl (C=O) groups is 1. The number of alkyl halides is 2. The van der Waals surface area contributed by atoms with Gasteiger partial charge < -0.3 is 14.4 Å². The third kappa shape index (κ3) is 3.31. The van der Waals surface area contributed by atoms with Crippen molar-refractivity contribution in [2.45, 2.75) is 6.61 Å². The van der Waals surface area contributed by atoms with Crippen LogP contribution in [0.15, 0.2) is 12.1 Å². The summed E-state index contributed by atoms with van der Waals surface area (Å²) in [5, 5.41) is 10.9. The first-order valence-corrected chi connectivity index (χ1v) is 5.30. The Labute approximate surface area is 112 Å². The fourth-order valence-electron chi connectivity index (χ4n) is 1.46. The monoisotopic (exact) mass is 290 g/mol. The van der Waals surface area contributed by atoms with Gasteiger partial charge in [0.1, 0.15) is 5.56 Å². The van der Waals surface area contributed by atoms with Crippen LogP contribution >= 0.6 is 0 Å². The predicted octanol–water partition coefficient (Wildman–Crippen LogP) is 1.91. The quantitative estimate of drug-likeness (QED) is 0.611. The maximum absolute atomic E-state index is 12.2. The summed E-state index contributed by atoms with van der Waals surface area (Å²) >= 11 is 0. The van der Waals surface area contributed by atoms with E-state index in [-0.39, 0.29) is 11.3 Å². The van der Waals surface area contributed by atoms with Gasteiger partial charge in [0.15, 0.2) is 11.5 Å². The maximum Gasteiger partial charge on any atom is 0.387 e. The van der Waals surface area contributed by atoms with E-state index in [2.05, 4.69) is 4.74 Å². The van der Waals surface area contributed by atoms with Crippen LogP contribution in [0.4, 0.5) is 14.5 Å². The van der Waals surface area contributed by atoms with Crippen LogP contribution in [0.25, 0.3) is 0 Å². The van der Waals surface area contributed by atoms with Crippen molar-refractivity contribution in [3.63, 3.8) is 0 Å². The van der Waals surface area contributed by atoms with Crippen molar-refractivity contribution in [1.29, 1.82) is 0 Å². The fourth-order valence-corrected chi connectivity index (χ4v) is 1.46. The van der Waals surface area contributed by atoms with E-state index in [1.165, 1.54) is 21.2 Å². The molecule has 1 rings (SSSR count). The summed E-state index contributed by atoms with van der Waals surface area (Å²) in [6, 6.07) is 1.74.